The molecule has 0 N–H and O–H groups in total. The van der Waals surface area contributed by atoms with E-state index in [0.717, 1.165) is 35.1 Å². The molecule has 0 aliphatic heterocycles. The number of benzene rings is 2. The van der Waals surface area contributed by atoms with Crippen molar-refractivity contribution in [3.8, 4) is 11.5 Å². The Morgan fingerprint density at radius 1 is 0.582 bits per heavy atom. The lowest BCUT2D eigenvalue weighted by Gasteiger charge is -2.31. The molecule has 2 rings (SSSR count). The smallest absolute Gasteiger partial charge is 0.465 e. The first-order valence-corrected chi connectivity index (χ1v) is 23.0. The number of hydrogen-bond acceptors (Lipinski definition) is 4. The summed E-state index contributed by atoms with van der Waals surface area (Å²) in [6.07, 6.45) is 21.0. The van der Waals surface area contributed by atoms with Gasteiger partial charge in [-0.2, -0.15) is 0 Å². The summed E-state index contributed by atoms with van der Waals surface area (Å²) in [5.41, 5.74) is 3.60. The maximum atomic E-state index is 16.1. The minimum absolute atomic E-state index is 0.0461. The van der Waals surface area contributed by atoms with Crippen LogP contribution in [0.3, 0.4) is 0 Å². The van der Waals surface area contributed by atoms with E-state index in [1.165, 1.54) is 95.5 Å². The zero-order chi connectivity index (χ0) is 41.5. The normalized spacial score (nSPS) is 13.8. The summed E-state index contributed by atoms with van der Waals surface area (Å²) >= 11 is 0. The van der Waals surface area contributed by atoms with Crippen molar-refractivity contribution in [3.05, 3.63) is 58.1 Å². The van der Waals surface area contributed by atoms with Gasteiger partial charge in [0, 0.05) is 16.7 Å². The van der Waals surface area contributed by atoms with Crippen LogP contribution in [0.15, 0.2) is 30.3 Å². The van der Waals surface area contributed by atoms with Crippen molar-refractivity contribution in [1.82, 2.24) is 0 Å². The quantitative estimate of drug-likeness (QED) is 0.0639. The molecule has 55 heavy (non-hydrogen) atoms. The van der Waals surface area contributed by atoms with Crippen molar-refractivity contribution in [2.24, 2.45) is 0 Å². The van der Waals surface area contributed by atoms with Crippen LogP contribution in [0.2, 0.25) is 0 Å². The van der Waals surface area contributed by atoms with Crippen molar-refractivity contribution in [3.63, 3.8) is 0 Å². The lowest BCUT2D eigenvalue weighted by Crippen LogP contribution is -2.22. The Morgan fingerprint density at radius 2 is 1.00 bits per heavy atom. The summed E-state index contributed by atoms with van der Waals surface area (Å²) in [6.45, 7) is 30.1. The van der Waals surface area contributed by atoms with E-state index in [1.54, 1.807) is 0 Å². The van der Waals surface area contributed by atoms with Crippen LogP contribution in [0, 0.1) is 0 Å². The van der Waals surface area contributed by atoms with Gasteiger partial charge in [-0.3, -0.25) is 4.79 Å². The van der Waals surface area contributed by atoms with Crippen LogP contribution in [-0.2, 0) is 31.2 Å². The summed E-state index contributed by atoms with van der Waals surface area (Å²) in [7, 11) is -2.81. The first-order valence-electron chi connectivity index (χ1n) is 21.9. The van der Waals surface area contributed by atoms with Crippen LogP contribution in [0.4, 0.5) is 4.20 Å². The minimum atomic E-state index is -2.81. The van der Waals surface area contributed by atoms with Gasteiger partial charge in [-0.15, -0.1) is 4.20 Å². The lowest BCUT2D eigenvalue weighted by atomic mass is 9.77. The number of unbranched alkanes of at least 4 members (excludes halogenated alkanes) is 15. The van der Waals surface area contributed by atoms with Crippen LogP contribution in [0.25, 0.3) is 0 Å². The predicted molar refractivity (Wildman–Crippen MR) is 236 cm³/mol. The average molecular weight is 785 g/mol. The van der Waals surface area contributed by atoms with Gasteiger partial charge in [0.1, 0.15) is 11.5 Å². The lowest BCUT2D eigenvalue weighted by molar-refractivity contribution is -0.145. The molecule has 2 atom stereocenters. The Labute approximate surface area is 339 Å². The maximum absolute atomic E-state index is 16.1. The molecule has 0 amide bonds. The zero-order valence-electron chi connectivity index (χ0n) is 37.9. The first kappa shape index (κ1) is 49.0. The van der Waals surface area contributed by atoms with Crippen molar-refractivity contribution in [2.45, 2.75) is 227 Å². The van der Waals surface area contributed by atoms with Crippen molar-refractivity contribution in [2.75, 3.05) is 6.61 Å². The highest BCUT2D eigenvalue weighted by atomic mass is 31.2. The highest BCUT2D eigenvalue weighted by Gasteiger charge is 2.33. The summed E-state index contributed by atoms with van der Waals surface area (Å²) < 4.78 is 34.2. The number of halogens is 1. The molecule has 0 saturated heterocycles. The zero-order valence-corrected chi connectivity index (χ0v) is 38.8. The second kappa shape index (κ2) is 22.7. The molecule has 0 heterocycles. The molecular formula is C49H82FO4P. The molecule has 0 bridgehead atoms. The van der Waals surface area contributed by atoms with Gasteiger partial charge in [0.2, 0.25) is 0 Å². The number of carbonyl (C=O) groups is 1. The largest absolute Gasteiger partial charge is 0.505 e. The van der Waals surface area contributed by atoms with Crippen LogP contribution in [-0.4, -0.2) is 12.6 Å². The third-order valence-corrected chi connectivity index (χ3v) is 11.5. The topological polar surface area (TPSA) is 44.8 Å². The van der Waals surface area contributed by atoms with Crippen LogP contribution in [0.1, 0.15) is 233 Å². The van der Waals surface area contributed by atoms with E-state index in [4.69, 9.17) is 13.8 Å². The fourth-order valence-electron chi connectivity index (χ4n) is 7.03. The molecule has 0 aliphatic rings. The molecule has 2 aromatic rings. The molecule has 0 fully saturated rings. The number of ether oxygens (including phenoxy) is 1. The number of rotatable bonds is 23. The molecule has 0 aromatic heterocycles. The van der Waals surface area contributed by atoms with E-state index < -0.39 is 14.6 Å². The highest BCUT2D eigenvalue weighted by molar-refractivity contribution is 7.42. The fourth-order valence-corrected chi connectivity index (χ4v) is 7.72. The van der Waals surface area contributed by atoms with Gasteiger partial charge < -0.3 is 13.8 Å². The second-order valence-corrected chi connectivity index (χ2v) is 21.0. The second-order valence-electron chi connectivity index (χ2n) is 20.2. The first-order chi connectivity index (χ1) is 25.6. The Bertz CT molecular complexity index is 1390. The summed E-state index contributed by atoms with van der Waals surface area (Å²) in [5, 5.41) is 0. The Balaban J connectivity index is 2.00. The number of esters is 1. The Hall–Kier alpha value is -2.13. The molecule has 314 valence electrons. The van der Waals surface area contributed by atoms with E-state index in [9.17, 15) is 4.79 Å². The van der Waals surface area contributed by atoms with Crippen molar-refractivity contribution >= 4 is 14.7 Å². The summed E-state index contributed by atoms with van der Waals surface area (Å²) in [4.78, 5) is 13.4. The van der Waals surface area contributed by atoms with E-state index in [-0.39, 0.29) is 27.6 Å². The molecule has 0 spiro atoms. The number of carbonyl (C=O) groups excluding carboxylic acids is 1. The van der Waals surface area contributed by atoms with Gasteiger partial charge in [0.25, 0.3) is 0 Å². The van der Waals surface area contributed by atoms with Gasteiger partial charge >= 0.3 is 14.7 Å². The highest BCUT2D eigenvalue weighted by Crippen LogP contribution is 2.51. The van der Waals surface area contributed by atoms with Crippen molar-refractivity contribution in [1.29, 1.82) is 0 Å². The van der Waals surface area contributed by atoms with Gasteiger partial charge in [-0.05, 0) is 52.2 Å². The summed E-state index contributed by atoms with van der Waals surface area (Å²) in [6, 6.07) is 10.0. The van der Waals surface area contributed by atoms with E-state index in [1.807, 2.05) is 31.2 Å². The Morgan fingerprint density at radius 3 is 1.40 bits per heavy atom. The monoisotopic (exact) mass is 785 g/mol. The van der Waals surface area contributed by atoms with E-state index in [0.29, 0.717) is 18.1 Å². The molecule has 0 radical (unpaired) electrons. The van der Waals surface area contributed by atoms with Crippen LogP contribution < -0.4 is 9.05 Å². The van der Waals surface area contributed by atoms with Gasteiger partial charge in [-0.1, -0.05) is 211 Å². The molecule has 0 saturated carbocycles. The van der Waals surface area contributed by atoms with Crippen LogP contribution in [0.5, 0.6) is 11.5 Å². The molecule has 2 aromatic carbocycles. The minimum Gasteiger partial charge on any atom is -0.465 e. The number of hydrogen-bond donors (Lipinski definition) is 0. The maximum Gasteiger partial charge on any atom is 0.505 e. The van der Waals surface area contributed by atoms with E-state index in [2.05, 4.69) is 96.1 Å². The van der Waals surface area contributed by atoms with E-state index >= 15 is 4.20 Å². The summed E-state index contributed by atoms with van der Waals surface area (Å²) in [5.74, 6) is 0.311. The fraction of sp³-hybridized carbons (Fsp3) is 0.735. The molecule has 4 nitrogen and oxygen atoms in total. The van der Waals surface area contributed by atoms with Crippen LogP contribution >= 0.6 is 8.69 Å². The van der Waals surface area contributed by atoms with Crippen molar-refractivity contribution < 1.29 is 22.8 Å². The SMILES string of the molecule is CCCCCCCCCCCCCCCCCCOC(=O)C(C)c1cc(C(C)(C)C)c(OP(F)Oc2ccc(C(C)(C)C)cc2C(C)(C)C)c(C(C)(C)C)c1. The molecule has 2 unspecified atom stereocenters. The Kier molecular flexibility index (Phi) is 20.2. The average Bonchev–Trinajstić information content (AvgIpc) is 3.07. The molecule has 0 aliphatic carbocycles. The molecule has 6 heteroatoms. The van der Waals surface area contributed by atoms with Gasteiger partial charge in [0.15, 0.2) is 0 Å². The van der Waals surface area contributed by atoms with Gasteiger partial charge in [0.05, 0.1) is 12.5 Å². The molecular weight excluding hydrogens is 703 g/mol. The van der Waals surface area contributed by atoms with Gasteiger partial charge in [-0.25, -0.2) is 0 Å². The third kappa shape index (κ3) is 17.5. The standard InChI is InChI=1S/C49H82FO4P/c1-15-16-17-18-19-20-21-22-23-24-25-26-27-28-29-30-33-52-45(51)37(2)38-34-41(48(9,10)11)44(42(35-38)49(12,13)14)54-55(50)53-43-32-31-39(46(3,4)5)36-40(43)47(6,7)8/h31-32,34-37H,15-30,33H2,1-14H3. The predicted octanol–water partition coefficient (Wildman–Crippen LogP) is 16.4. The third-order valence-electron chi connectivity index (χ3n) is 10.8.